The topological polar surface area (TPSA) is 119 Å². The van der Waals surface area contributed by atoms with Gasteiger partial charge in [-0.1, -0.05) is 0 Å². The zero-order valence-electron chi connectivity index (χ0n) is 15.2. The van der Waals surface area contributed by atoms with Crippen molar-refractivity contribution in [1.29, 1.82) is 0 Å². The second kappa shape index (κ2) is 7.95. The Morgan fingerprint density at radius 2 is 1.79 bits per heavy atom. The van der Waals surface area contributed by atoms with Gasteiger partial charge in [0.05, 0.1) is 22.0 Å². The molecule has 10 heteroatoms. The van der Waals surface area contributed by atoms with Gasteiger partial charge in [0, 0.05) is 18.7 Å². The lowest BCUT2D eigenvalue weighted by atomic mass is 10.1. The van der Waals surface area contributed by atoms with E-state index in [0.29, 0.717) is 27.7 Å². The Bertz CT molecular complexity index is 1170. The third-order valence-electron chi connectivity index (χ3n) is 3.99. The molecule has 0 spiro atoms. The zero-order valence-corrected chi connectivity index (χ0v) is 16.0. The average molecular weight is 416 g/mol. The van der Waals surface area contributed by atoms with Gasteiger partial charge in [0.2, 0.25) is 10.0 Å². The van der Waals surface area contributed by atoms with E-state index in [-0.39, 0.29) is 4.90 Å². The van der Waals surface area contributed by atoms with Gasteiger partial charge in [-0.05, 0) is 60.7 Å². The van der Waals surface area contributed by atoms with E-state index in [1.54, 1.807) is 18.2 Å². The molecular formula is C19H17FN4O4S. The molecule has 3 N–H and O–H groups in total. The first kappa shape index (κ1) is 20.4. The molecule has 0 fully saturated rings. The molecule has 0 saturated heterocycles. The maximum Gasteiger partial charge on any atom is 0.269 e. The number of likely N-dealkylation sites (N-methyl/N-ethyl adjacent to an activating group) is 1. The van der Waals surface area contributed by atoms with Crippen LogP contribution in [0.1, 0.15) is 5.69 Å². The molecule has 1 aromatic heterocycles. The first-order valence-corrected chi connectivity index (χ1v) is 9.83. The van der Waals surface area contributed by atoms with Gasteiger partial charge in [0.1, 0.15) is 5.82 Å². The van der Waals surface area contributed by atoms with Crippen molar-refractivity contribution in [3.05, 3.63) is 72.2 Å². The molecule has 0 saturated carbocycles. The Kier molecular flexibility index (Phi) is 5.59. The number of halogens is 1. The predicted molar refractivity (Wildman–Crippen MR) is 104 cm³/mol. The summed E-state index contributed by atoms with van der Waals surface area (Å²) in [6, 6.07) is 13.2. The Morgan fingerprint density at radius 1 is 1.17 bits per heavy atom. The number of sulfonamides is 1. The van der Waals surface area contributed by atoms with Crippen molar-refractivity contribution in [3.63, 3.8) is 0 Å². The van der Waals surface area contributed by atoms with E-state index in [4.69, 9.17) is 10.3 Å². The minimum Gasteiger partial charge on any atom is -0.286 e. The molecule has 0 aliphatic rings. The van der Waals surface area contributed by atoms with Gasteiger partial charge in [-0.25, -0.2) is 27.7 Å². The van der Waals surface area contributed by atoms with Gasteiger partial charge in [-0.3, -0.25) is 10.0 Å². The quantitative estimate of drug-likeness (QED) is 0.375. The van der Waals surface area contributed by atoms with Gasteiger partial charge >= 0.3 is 0 Å². The van der Waals surface area contributed by atoms with Crippen LogP contribution in [-0.4, -0.2) is 41.4 Å². The average Bonchev–Trinajstić information content (AvgIpc) is 3.10. The number of primary sulfonamides is 1. The highest BCUT2D eigenvalue weighted by molar-refractivity contribution is 7.89. The SMILES string of the molecule is CN(O)C(=O)C=Cc1cc(-c2ccc(F)cc2)n(-c2ccc(S(N)(=O)=O)cc2)n1. The smallest absolute Gasteiger partial charge is 0.269 e. The summed E-state index contributed by atoms with van der Waals surface area (Å²) >= 11 is 0. The number of rotatable bonds is 5. The first-order valence-electron chi connectivity index (χ1n) is 8.29. The van der Waals surface area contributed by atoms with Crippen molar-refractivity contribution < 1.29 is 22.8 Å². The van der Waals surface area contributed by atoms with Crippen LogP contribution in [0.15, 0.2) is 65.6 Å². The molecule has 0 aliphatic carbocycles. The van der Waals surface area contributed by atoms with Gasteiger partial charge in [-0.2, -0.15) is 5.10 Å². The monoisotopic (exact) mass is 416 g/mol. The van der Waals surface area contributed by atoms with E-state index in [1.165, 1.54) is 54.2 Å². The number of nitrogens with two attached hydrogens (primary N) is 1. The standard InChI is InChI=1S/C19H17FN4O4S/c1-23(26)19(25)11-6-15-12-18(13-2-4-14(20)5-3-13)24(22-15)16-7-9-17(10-8-16)29(21,27)28/h2-12,26H,1H3,(H2,21,27,28). The molecule has 0 atom stereocenters. The molecule has 0 bridgehead atoms. The lowest BCUT2D eigenvalue weighted by molar-refractivity contribution is -0.153. The Morgan fingerprint density at radius 3 is 2.34 bits per heavy atom. The highest BCUT2D eigenvalue weighted by Crippen LogP contribution is 2.25. The zero-order chi connectivity index (χ0) is 21.2. The Balaban J connectivity index is 2.08. The summed E-state index contributed by atoms with van der Waals surface area (Å²) in [5.74, 6) is -1.03. The highest BCUT2D eigenvalue weighted by atomic mass is 32.2. The van der Waals surface area contributed by atoms with Crippen LogP contribution in [0, 0.1) is 5.82 Å². The molecule has 0 aliphatic heterocycles. The number of hydroxylamine groups is 2. The number of carbonyl (C=O) groups is 1. The molecule has 1 amide bonds. The van der Waals surface area contributed by atoms with Crippen LogP contribution in [0.2, 0.25) is 0 Å². The van der Waals surface area contributed by atoms with Crippen molar-refractivity contribution in [3.8, 4) is 16.9 Å². The van der Waals surface area contributed by atoms with Crippen LogP contribution < -0.4 is 5.14 Å². The van der Waals surface area contributed by atoms with E-state index in [1.807, 2.05) is 0 Å². The fourth-order valence-corrected chi connectivity index (χ4v) is 3.06. The van der Waals surface area contributed by atoms with Crippen LogP contribution in [0.25, 0.3) is 23.0 Å². The number of aromatic nitrogens is 2. The molecule has 0 unspecified atom stereocenters. The van der Waals surface area contributed by atoms with Crippen molar-refractivity contribution in [1.82, 2.24) is 14.8 Å². The molecule has 150 valence electrons. The summed E-state index contributed by atoms with van der Waals surface area (Å²) < 4.78 is 37.8. The third-order valence-corrected chi connectivity index (χ3v) is 4.92. The number of hydrogen-bond donors (Lipinski definition) is 2. The number of hydrogen-bond acceptors (Lipinski definition) is 5. The minimum absolute atomic E-state index is 0.0477. The maximum absolute atomic E-state index is 13.3. The van der Waals surface area contributed by atoms with Crippen molar-refractivity contribution in [2.24, 2.45) is 5.14 Å². The molecule has 3 rings (SSSR count). The van der Waals surface area contributed by atoms with Crippen molar-refractivity contribution >= 4 is 22.0 Å². The van der Waals surface area contributed by atoms with Crippen molar-refractivity contribution in [2.45, 2.75) is 4.90 Å². The van der Waals surface area contributed by atoms with Crippen LogP contribution in [-0.2, 0) is 14.8 Å². The van der Waals surface area contributed by atoms with Crippen LogP contribution in [0.4, 0.5) is 4.39 Å². The lowest BCUT2D eigenvalue weighted by Crippen LogP contribution is -2.19. The third kappa shape index (κ3) is 4.74. The van der Waals surface area contributed by atoms with E-state index in [9.17, 15) is 17.6 Å². The summed E-state index contributed by atoms with van der Waals surface area (Å²) in [4.78, 5) is 11.5. The summed E-state index contributed by atoms with van der Waals surface area (Å²) in [5.41, 5.74) is 2.16. The maximum atomic E-state index is 13.3. The summed E-state index contributed by atoms with van der Waals surface area (Å²) in [6.45, 7) is 0. The Labute approximate surface area is 166 Å². The second-order valence-electron chi connectivity index (χ2n) is 6.11. The van der Waals surface area contributed by atoms with E-state index >= 15 is 0 Å². The number of benzene rings is 2. The largest absolute Gasteiger partial charge is 0.286 e. The predicted octanol–water partition coefficient (Wildman–Crippen LogP) is 2.19. The second-order valence-corrected chi connectivity index (χ2v) is 7.67. The van der Waals surface area contributed by atoms with Crippen molar-refractivity contribution in [2.75, 3.05) is 7.05 Å². The lowest BCUT2D eigenvalue weighted by Gasteiger charge is -2.08. The normalized spacial score (nSPS) is 11.7. The van der Waals surface area contributed by atoms with E-state index in [0.717, 1.165) is 6.08 Å². The highest BCUT2D eigenvalue weighted by Gasteiger charge is 2.13. The molecular weight excluding hydrogens is 399 g/mol. The van der Waals surface area contributed by atoms with Gasteiger partial charge in [0.15, 0.2) is 0 Å². The summed E-state index contributed by atoms with van der Waals surface area (Å²) in [7, 11) is -2.64. The molecule has 3 aromatic rings. The number of nitrogens with zero attached hydrogens (tertiary/aromatic N) is 3. The molecule has 1 heterocycles. The van der Waals surface area contributed by atoms with Gasteiger partial charge in [0.25, 0.3) is 5.91 Å². The molecule has 29 heavy (non-hydrogen) atoms. The summed E-state index contributed by atoms with van der Waals surface area (Å²) in [6.07, 6.45) is 2.56. The fraction of sp³-hybridized carbons (Fsp3) is 0.0526. The molecule has 0 radical (unpaired) electrons. The molecule has 8 nitrogen and oxygen atoms in total. The fourth-order valence-electron chi connectivity index (χ4n) is 2.55. The summed E-state index contributed by atoms with van der Waals surface area (Å²) in [5, 5.41) is 19.1. The van der Waals surface area contributed by atoms with Gasteiger partial charge < -0.3 is 0 Å². The van der Waals surface area contributed by atoms with Crippen LogP contribution >= 0.6 is 0 Å². The van der Waals surface area contributed by atoms with E-state index < -0.39 is 21.7 Å². The Hall–Kier alpha value is -3.34. The first-order chi connectivity index (χ1) is 13.6. The van der Waals surface area contributed by atoms with Gasteiger partial charge in [-0.15, -0.1) is 0 Å². The van der Waals surface area contributed by atoms with E-state index in [2.05, 4.69) is 5.10 Å². The molecule has 2 aromatic carbocycles. The number of amides is 1. The van der Waals surface area contributed by atoms with Crippen LogP contribution in [0.3, 0.4) is 0 Å². The van der Waals surface area contributed by atoms with Crippen LogP contribution in [0.5, 0.6) is 0 Å². The minimum atomic E-state index is -3.84. The number of carbonyl (C=O) groups excluding carboxylic acids is 1.